The van der Waals surface area contributed by atoms with Crippen molar-refractivity contribution < 1.29 is 0 Å². The van der Waals surface area contributed by atoms with Crippen molar-refractivity contribution in [1.29, 1.82) is 0 Å². The van der Waals surface area contributed by atoms with Gasteiger partial charge >= 0.3 is 0 Å². The highest BCUT2D eigenvalue weighted by atomic mass is 16.1. The van der Waals surface area contributed by atoms with Crippen LogP contribution in [0, 0.1) is 0 Å². The van der Waals surface area contributed by atoms with Crippen molar-refractivity contribution in [3.05, 3.63) is 53.0 Å². The summed E-state index contributed by atoms with van der Waals surface area (Å²) in [5.74, 6) is 1.06. The lowest BCUT2D eigenvalue weighted by Gasteiger charge is -2.36. The topological polar surface area (TPSA) is 70.4 Å². The number of benzene rings is 1. The summed E-state index contributed by atoms with van der Waals surface area (Å²) in [5.41, 5.74) is 3.01. The molecule has 30 heavy (non-hydrogen) atoms. The van der Waals surface area contributed by atoms with Crippen molar-refractivity contribution in [2.45, 2.75) is 19.4 Å². The van der Waals surface area contributed by atoms with Gasteiger partial charge in [-0.1, -0.05) is 0 Å². The van der Waals surface area contributed by atoms with Crippen LogP contribution in [0.1, 0.15) is 18.4 Å². The van der Waals surface area contributed by atoms with Gasteiger partial charge in [0.15, 0.2) is 0 Å². The average Bonchev–Trinajstić information content (AvgIpc) is 3.31. The zero-order valence-electron chi connectivity index (χ0n) is 17.4. The summed E-state index contributed by atoms with van der Waals surface area (Å²) in [5, 5.41) is 1.14. The second kappa shape index (κ2) is 8.02. The Morgan fingerprint density at radius 3 is 2.57 bits per heavy atom. The zero-order chi connectivity index (χ0) is 20.5. The van der Waals surface area contributed by atoms with Crippen molar-refractivity contribution >= 4 is 22.4 Å². The fraction of sp³-hybridized carbons (Fsp3) is 0.455. The summed E-state index contributed by atoms with van der Waals surface area (Å²) in [4.78, 5) is 32.6. The van der Waals surface area contributed by atoms with E-state index in [0.29, 0.717) is 6.54 Å². The molecule has 2 aliphatic heterocycles. The molecule has 4 heterocycles. The molecule has 1 aromatic carbocycles. The molecule has 8 nitrogen and oxygen atoms in total. The van der Waals surface area contributed by atoms with Gasteiger partial charge in [-0.15, -0.1) is 0 Å². The second-order valence-electron chi connectivity index (χ2n) is 8.19. The Labute approximate surface area is 175 Å². The zero-order valence-corrected chi connectivity index (χ0v) is 17.4. The van der Waals surface area contributed by atoms with Crippen molar-refractivity contribution in [2.75, 3.05) is 49.1 Å². The molecule has 0 saturated carbocycles. The molecule has 8 heteroatoms. The number of nitrogens with zero attached hydrogens (tertiary/aromatic N) is 7. The highest BCUT2D eigenvalue weighted by Crippen LogP contribution is 2.30. The highest BCUT2D eigenvalue weighted by molar-refractivity contribution is 5.92. The van der Waals surface area contributed by atoms with Gasteiger partial charge in [-0.2, -0.15) is 0 Å². The van der Waals surface area contributed by atoms with Gasteiger partial charge < -0.3 is 14.4 Å². The number of aryl methyl sites for hydroxylation is 1. The molecule has 0 aliphatic carbocycles. The largest absolute Gasteiger partial charge is 0.369 e. The summed E-state index contributed by atoms with van der Waals surface area (Å²) in [6.45, 7) is 6.49. The van der Waals surface area contributed by atoms with Gasteiger partial charge in [-0.25, -0.2) is 15.0 Å². The van der Waals surface area contributed by atoms with E-state index in [0.717, 1.165) is 61.6 Å². The Hall–Kier alpha value is -3.00. The van der Waals surface area contributed by atoms with E-state index in [1.54, 1.807) is 30.5 Å². The predicted molar refractivity (Wildman–Crippen MR) is 118 cm³/mol. The minimum atomic E-state index is 0.0383. The van der Waals surface area contributed by atoms with E-state index in [2.05, 4.69) is 47.9 Å². The molecule has 0 spiro atoms. The fourth-order valence-corrected chi connectivity index (χ4v) is 4.48. The standard InChI is InChI=1S/C22H27N7O/c1-26-16-23-13-17(22(26)30)14-27-8-10-28(11-9-27)18-4-5-20-19(12-18)21(25-15-24-20)29-6-2-3-7-29/h4-5,12-13,15-16H,2-3,6-11,14H2,1H3. The molecule has 0 bridgehead atoms. The van der Waals surface area contributed by atoms with Gasteiger partial charge in [0.25, 0.3) is 5.56 Å². The lowest BCUT2D eigenvalue weighted by atomic mass is 10.1. The summed E-state index contributed by atoms with van der Waals surface area (Å²) in [6, 6.07) is 6.52. The number of anilines is 2. The van der Waals surface area contributed by atoms with E-state index in [9.17, 15) is 4.79 Å². The Balaban J connectivity index is 1.31. The van der Waals surface area contributed by atoms with Crippen LogP contribution in [0.4, 0.5) is 11.5 Å². The van der Waals surface area contributed by atoms with E-state index >= 15 is 0 Å². The van der Waals surface area contributed by atoms with Crippen LogP contribution in [0.5, 0.6) is 0 Å². The van der Waals surface area contributed by atoms with E-state index in [1.165, 1.54) is 18.5 Å². The van der Waals surface area contributed by atoms with Crippen LogP contribution in [0.25, 0.3) is 10.9 Å². The van der Waals surface area contributed by atoms with Crippen LogP contribution >= 0.6 is 0 Å². The molecule has 0 atom stereocenters. The van der Waals surface area contributed by atoms with E-state index in [-0.39, 0.29) is 5.56 Å². The Kier molecular flexibility index (Phi) is 5.08. The maximum atomic E-state index is 12.3. The first kappa shape index (κ1) is 19.0. The fourth-order valence-electron chi connectivity index (χ4n) is 4.48. The first-order valence-electron chi connectivity index (χ1n) is 10.7. The predicted octanol–water partition coefficient (Wildman–Crippen LogP) is 1.65. The van der Waals surface area contributed by atoms with Crippen LogP contribution in [0.2, 0.25) is 0 Å². The van der Waals surface area contributed by atoms with Crippen molar-refractivity contribution in [3.63, 3.8) is 0 Å². The lowest BCUT2D eigenvalue weighted by molar-refractivity contribution is 0.248. The van der Waals surface area contributed by atoms with Crippen molar-refractivity contribution in [1.82, 2.24) is 24.4 Å². The van der Waals surface area contributed by atoms with Gasteiger partial charge in [-0.3, -0.25) is 9.69 Å². The van der Waals surface area contributed by atoms with Crippen molar-refractivity contribution in [2.24, 2.45) is 7.05 Å². The maximum absolute atomic E-state index is 12.3. The first-order chi connectivity index (χ1) is 14.7. The summed E-state index contributed by atoms with van der Waals surface area (Å²) in [7, 11) is 1.75. The highest BCUT2D eigenvalue weighted by Gasteiger charge is 2.21. The molecule has 0 unspecified atom stereocenters. The third-order valence-corrected chi connectivity index (χ3v) is 6.20. The van der Waals surface area contributed by atoms with Gasteiger partial charge in [0.1, 0.15) is 12.1 Å². The van der Waals surface area contributed by atoms with Crippen LogP contribution in [-0.2, 0) is 13.6 Å². The Bertz CT molecular complexity index is 1100. The summed E-state index contributed by atoms with van der Waals surface area (Å²) >= 11 is 0. The number of piperazine rings is 1. The molecule has 5 rings (SSSR count). The number of hydrogen-bond acceptors (Lipinski definition) is 7. The van der Waals surface area contributed by atoms with Crippen LogP contribution in [0.15, 0.2) is 41.8 Å². The van der Waals surface area contributed by atoms with Crippen molar-refractivity contribution in [3.8, 4) is 0 Å². The monoisotopic (exact) mass is 405 g/mol. The second-order valence-corrected chi connectivity index (χ2v) is 8.19. The smallest absolute Gasteiger partial charge is 0.257 e. The molecule has 0 amide bonds. The average molecular weight is 406 g/mol. The van der Waals surface area contributed by atoms with E-state index in [1.807, 2.05) is 0 Å². The molecular formula is C22H27N7O. The van der Waals surface area contributed by atoms with Gasteiger partial charge in [0, 0.05) is 75.7 Å². The molecule has 2 aliphatic rings. The lowest BCUT2D eigenvalue weighted by Crippen LogP contribution is -2.46. The van der Waals surface area contributed by atoms with Crippen LogP contribution in [-0.4, -0.2) is 63.7 Å². The number of fused-ring (bicyclic) bond motifs is 1. The molecule has 2 aromatic heterocycles. The van der Waals surface area contributed by atoms with E-state index in [4.69, 9.17) is 0 Å². The Morgan fingerprint density at radius 1 is 0.967 bits per heavy atom. The SMILES string of the molecule is Cn1cncc(CN2CCN(c3ccc4ncnc(N5CCCC5)c4c3)CC2)c1=O. The summed E-state index contributed by atoms with van der Waals surface area (Å²) < 4.78 is 1.54. The number of hydrogen-bond donors (Lipinski definition) is 0. The van der Waals surface area contributed by atoms with Crippen LogP contribution < -0.4 is 15.4 Å². The minimum Gasteiger partial charge on any atom is -0.369 e. The maximum Gasteiger partial charge on any atom is 0.257 e. The van der Waals surface area contributed by atoms with Gasteiger partial charge in [0.2, 0.25) is 0 Å². The molecule has 0 N–H and O–H groups in total. The molecule has 0 radical (unpaired) electrons. The third-order valence-electron chi connectivity index (χ3n) is 6.20. The molecule has 156 valence electrons. The minimum absolute atomic E-state index is 0.0383. The van der Waals surface area contributed by atoms with E-state index < -0.39 is 0 Å². The number of rotatable bonds is 4. The number of aromatic nitrogens is 4. The van der Waals surface area contributed by atoms with Gasteiger partial charge in [0.05, 0.1) is 11.8 Å². The molecule has 3 aromatic rings. The normalized spacial score (nSPS) is 17.8. The first-order valence-corrected chi connectivity index (χ1v) is 10.7. The molecule has 2 fully saturated rings. The third kappa shape index (κ3) is 3.63. The van der Waals surface area contributed by atoms with Crippen LogP contribution in [0.3, 0.4) is 0 Å². The Morgan fingerprint density at radius 2 is 1.77 bits per heavy atom. The quantitative estimate of drug-likeness (QED) is 0.654. The summed E-state index contributed by atoms with van der Waals surface area (Å²) in [6.07, 6.45) is 7.39. The molecule has 2 saturated heterocycles. The van der Waals surface area contributed by atoms with Gasteiger partial charge in [-0.05, 0) is 31.0 Å². The molecular weight excluding hydrogens is 378 g/mol.